The van der Waals surface area contributed by atoms with Gasteiger partial charge in [0.2, 0.25) is 15.9 Å². The molecule has 1 fully saturated rings. The van der Waals surface area contributed by atoms with Gasteiger partial charge in [-0.2, -0.15) is 4.31 Å². The third-order valence-corrected chi connectivity index (χ3v) is 8.10. The highest BCUT2D eigenvalue weighted by molar-refractivity contribution is 8.00. The molecule has 4 rings (SSSR count). The molecule has 1 aliphatic heterocycles. The van der Waals surface area contributed by atoms with E-state index in [2.05, 4.69) is 5.32 Å². The van der Waals surface area contributed by atoms with Gasteiger partial charge in [0.15, 0.2) is 5.75 Å². The maximum atomic E-state index is 13.1. The van der Waals surface area contributed by atoms with Crippen LogP contribution in [0, 0.1) is 6.92 Å². The molecule has 0 unspecified atom stereocenters. The number of rotatable bonds is 8. The van der Waals surface area contributed by atoms with Gasteiger partial charge in [0.1, 0.15) is 5.75 Å². The van der Waals surface area contributed by atoms with Gasteiger partial charge >= 0.3 is 0 Å². The first-order chi connectivity index (χ1) is 16.4. The second-order valence-electron chi connectivity index (χ2n) is 7.74. The third-order valence-electron chi connectivity index (χ3n) is 5.19. The van der Waals surface area contributed by atoms with Crippen molar-refractivity contribution in [3.8, 4) is 11.5 Å². The normalized spacial score (nSPS) is 14.5. The zero-order chi connectivity index (χ0) is 24.0. The molecule has 0 bridgehead atoms. The van der Waals surface area contributed by atoms with E-state index in [1.54, 1.807) is 18.2 Å². The third kappa shape index (κ3) is 6.18. The van der Waals surface area contributed by atoms with Gasteiger partial charge in [0.25, 0.3) is 0 Å². The van der Waals surface area contributed by atoms with E-state index < -0.39 is 10.0 Å². The lowest BCUT2D eigenvalue weighted by molar-refractivity contribution is -0.113. The Labute approximate surface area is 204 Å². The van der Waals surface area contributed by atoms with Crippen LogP contribution in [0.5, 0.6) is 11.5 Å². The van der Waals surface area contributed by atoms with Crippen LogP contribution in [0.2, 0.25) is 0 Å². The number of para-hydroxylation sites is 1. The van der Waals surface area contributed by atoms with Crippen LogP contribution in [-0.4, -0.2) is 50.7 Å². The van der Waals surface area contributed by atoms with Crippen molar-refractivity contribution in [2.75, 3.05) is 37.4 Å². The zero-order valence-corrected chi connectivity index (χ0v) is 20.4. The average molecular weight is 499 g/mol. The molecule has 3 aromatic rings. The summed E-state index contributed by atoms with van der Waals surface area (Å²) in [5.41, 5.74) is 1.45. The van der Waals surface area contributed by atoms with Gasteiger partial charge < -0.3 is 14.8 Å². The van der Waals surface area contributed by atoms with Crippen LogP contribution < -0.4 is 10.1 Å². The predicted molar refractivity (Wildman–Crippen MR) is 133 cm³/mol. The SMILES string of the molecule is Cc1ccc(SCC(=O)Nc2cc(S(=O)(=O)N3CCOCC3)ccc2Oc2ccccc2)cc1. The number of amides is 1. The summed E-state index contributed by atoms with van der Waals surface area (Å²) in [6.45, 7) is 3.30. The standard InChI is InChI=1S/C25H26N2O5S2/c1-19-7-9-21(10-8-19)33-18-25(28)26-23-17-22(34(29,30)27-13-15-31-16-14-27)11-12-24(23)32-20-5-3-2-4-6-20/h2-12,17H,13-16,18H2,1H3,(H,26,28). The summed E-state index contributed by atoms with van der Waals surface area (Å²) < 4.78 is 38.9. The minimum Gasteiger partial charge on any atom is -0.455 e. The molecule has 0 spiro atoms. The van der Waals surface area contributed by atoms with E-state index in [1.807, 2.05) is 49.4 Å². The Morgan fingerprint density at radius 2 is 1.74 bits per heavy atom. The van der Waals surface area contributed by atoms with E-state index in [9.17, 15) is 13.2 Å². The topological polar surface area (TPSA) is 84.9 Å². The van der Waals surface area contributed by atoms with E-state index in [0.29, 0.717) is 43.5 Å². The van der Waals surface area contributed by atoms with Gasteiger partial charge in [-0.25, -0.2) is 8.42 Å². The summed E-state index contributed by atoms with van der Waals surface area (Å²) in [6, 6.07) is 21.6. The molecule has 0 aliphatic carbocycles. The number of hydrogen-bond acceptors (Lipinski definition) is 6. The van der Waals surface area contributed by atoms with Crippen LogP contribution in [0.25, 0.3) is 0 Å². The Bertz CT molecular complexity index is 1230. The Morgan fingerprint density at radius 3 is 2.44 bits per heavy atom. The van der Waals surface area contributed by atoms with Crippen LogP contribution in [0.4, 0.5) is 5.69 Å². The highest BCUT2D eigenvalue weighted by Gasteiger charge is 2.27. The Hall–Kier alpha value is -2.85. The number of aryl methyl sites for hydroxylation is 1. The van der Waals surface area contributed by atoms with E-state index >= 15 is 0 Å². The second kappa shape index (κ2) is 11.1. The van der Waals surface area contributed by atoms with Crippen molar-refractivity contribution in [3.63, 3.8) is 0 Å². The van der Waals surface area contributed by atoms with Gasteiger partial charge in [-0.05, 0) is 49.4 Å². The Morgan fingerprint density at radius 1 is 1.03 bits per heavy atom. The second-order valence-corrected chi connectivity index (χ2v) is 10.7. The summed E-state index contributed by atoms with van der Waals surface area (Å²) in [4.78, 5) is 13.8. The number of hydrogen-bond donors (Lipinski definition) is 1. The van der Waals surface area contributed by atoms with Crippen molar-refractivity contribution in [2.45, 2.75) is 16.7 Å². The van der Waals surface area contributed by atoms with Gasteiger partial charge in [0.05, 0.1) is 29.5 Å². The Balaban J connectivity index is 1.56. The van der Waals surface area contributed by atoms with Crippen molar-refractivity contribution in [1.82, 2.24) is 4.31 Å². The molecule has 1 aliphatic rings. The maximum Gasteiger partial charge on any atom is 0.243 e. The van der Waals surface area contributed by atoms with Gasteiger partial charge in [0, 0.05) is 18.0 Å². The molecule has 1 N–H and O–H groups in total. The Kier molecular flexibility index (Phi) is 7.89. The average Bonchev–Trinajstić information content (AvgIpc) is 2.86. The molecule has 178 valence electrons. The van der Waals surface area contributed by atoms with Gasteiger partial charge in [-0.3, -0.25) is 4.79 Å². The molecule has 1 amide bonds. The maximum absolute atomic E-state index is 13.1. The minimum atomic E-state index is -3.73. The zero-order valence-electron chi connectivity index (χ0n) is 18.8. The number of carbonyl (C=O) groups excluding carboxylic acids is 1. The van der Waals surface area contributed by atoms with E-state index in [0.717, 1.165) is 10.5 Å². The molecular formula is C25H26N2O5S2. The fraction of sp³-hybridized carbons (Fsp3) is 0.240. The number of anilines is 1. The predicted octanol–water partition coefficient (Wildman–Crippen LogP) is 4.54. The van der Waals surface area contributed by atoms with Crippen LogP contribution in [-0.2, 0) is 19.6 Å². The van der Waals surface area contributed by atoms with Gasteiger partial charge in [-0.1, -0.05) is 35.9 Å². The minimum absolute atomic E-state index is 0.0938. The molecule has 1 saturated heterocycles. The van der Waals surface area contributed by atoms with Crippen LogP contribution in [0.3, 0.4) is 0 Å². The van der Waals surface area contributed by atoms with E-state index in [4.69, 9.17) is 9.47 Å². The monoisotopic (exact) mass is 498 g/mol. The number of sulfonamides is 1. The van der Waals surface area contributed by atoms with Crippen molar-refractivity contribution >= 4 is 33.4 Å². The lowest BCUT2D eigenvalue weighted by Gasteiger charge is -2.26. The lowest BCUT2D eigenvalue weighted by atomic mass is 10.2. The van der Waals surface area contributed by atoms with Crippen molar-refractivity contribution < 1.29 is 22.7 Å². The molecule has 7 nitrogen and oxygen atoms in total. The van der Waals surface area contributed by atoms with Gasteiger partial charge in [-0.15, -0.1) is 11.8 Å². The van der Waals surface area contributed by atoms with Crippen molar-refractivity contribution in [3.05, 3.63) is 78.4 Å². The highest BCUT2D eigenvalue weighted by Crippen LogP contribution is 2.33. The number of ether oxygens (including phenoxy) is 2. The molecule has 3 aromatic carbocycles. The first kappa shape index (κ1) is 24.3. The smallest absolute Gasteiger partial charge is 0.243 e. The quantitative estimate of drug-likeness (QED) is 0.459. The lowest BCUT2D eigenvalue weighted by Crippen LogP contribution is -2.40. The first-order valence-corrected chi connectivity index (χ1v) is 13.3. The number of nitrogens with one attached hydrogen (secondary N) is 1. The number of thioether (sulfide) groups is 1. The van der Waals surface area contributed by atoms with Crippen molar-refractivity contribution in [2.24, 2.45) is 0 Å². The molecule has 0 aromatic heterocycles. The van der Waals surface area contributed by atoms with E-state index in [1.165, 1.54) is 28.2 Å². The fourth-order valence-electron chi connectivity index (χ4n) is 3.38. The number of benzene rings is 3. The van der Waals surface area contributed by atoms with Crippen LogP contribution in [0.1, 0.15) is 5.56 Å². The summed E-state index contributed by atoms with van der Waals surface area (Å²) >= 11 is 1.41. The van der Waals surface area contributed by atoms with Crippen LogP contribution >= 0.6 is 11.8 Å². The summed E-state index contributed by atoms with van der Waals surface area (Å²) in [7, 11) is -3.73. The number of carbonyl (C=O) groups is 1. The number of morpholine rings is 1. The molecular weight excluding hydrogens is 472 g/mol. The number of nitrogens with zero attached hydrogens (tertiary/aromatic N) is 1. The molecule has 9 heteroatoms. The summed E-state index contributed by atoms with van der Waals surface area (Å²) in [5, 5.41) is 2.84. The summed E-state index contributed by atoms with van der Waals surface area (Å²) in [6.07, 6.45) is 0. The molecule has 1 heterocycles. The first-order valence-electron chi connectivity index (χ1n) is 10.9. The highest BCUT2D eigenvalue weighted by atomic mass is 32.2. The molecule has 0 saturated carbocycles. The summed E-state index contributed by atoms with van der Waals surface area (Å²) in [5.74, 6) is 0.856. The molecule has 0 radical (unpaired) electrons. The van der Waals surface area contributed by atoms with Crippen LogP contribution in [0.15, 0.2) is 82.6 Å². The molecule has 34 heavy (non-hydrogen) atoms. The van der Waals surface area contributed by atoms with E-state index in [-0.39, 0.29) is 16.6 Å². The molecule has 0 atom stereocenters. The largest absolute Gasteiger partial charge is 0.455 e. The fourth-order valence-corrected chi connectivity index (χ4v) is 5.51. The van der Waals surface area contributed by atoms with Crippen molar-refractivity contribution in [1.29, 1.82) is 0 Å².